The van der Waals surface area contributed by atoms with Gasteiger partial charge in [0.05, 0.1) is 22.3 Å². The standard InChI is InChI=1S/C24H22N4O2S2/c29-21(20-15-31-23(26-20)27-13-7-2-8-14-27)16-32-24-25-19-12-6-5-11-18(19)22(30)28(24)17-9-3-1-4-10-17/h1,3-6,9-12,15H,2,7-8,13-14,16H2. The van der Waals surface area contributed by atoms with Gasteiger partial charge in [-0.2, -0.15) is 0 Å². The molecule has 0 bridgehead atoms. The molecule has 4 aromatic rings. The van der Waals surface area contributed by atoms with Crippen molar-refractivity contribution < 1.29 is 4.79 Å². The number of benzene rings is 2. The predicted molar refractivity (Wildman–Crippen MR) is 131 cm³/mol. The number of para-hydroxylation sites is 2. The van der Waals surface area contributed by atoms with Gasteiger partial charge in [0, 0.05) is 18.5 Å². The average Bonchev–Trinajstić information content (AvgIpc) is 3.34. The number of aromatic nitrogens is 3. The maximum absolute atomic E-state index is 13.3. The van der Waals surface area contributed by atoms with E-state index in [0.717, 1.165) is 23.9 Å². The van der Waals surface area contributed by atoms with Crippen LogP contribution in [0.2, 0.25) is 0 Å². The Hall–Kier alpha value is -2.97. The van der Waals surface area contributed by atoms with E-state index in [-0.39, 0.29) is 17.1 Å². The molecule has 0 N–H and O–H groups in total. The monoisotopic (exact) mass is 462 g/mol. The average molecular weight is 463 g/mol. The Morgan fingerprint density at radius 1 is 0.969 bits per heavy atom. The first-order chi connectivity index (χ1) is 15.7. The van der Waals surface area contributed by atoms with Crippen LogP contribution in [0.25, 0.3) is 16.6 Å². The highest BCUT2D eigenvalue weighted by Crippen LogP contribution is 2.26. The number of hydrogen-bond donors (Lipinski definition) is 0. The Bertz CT molecular complexity index is 1310. The summed E-state index contributed by atoms with van der Waals surface area (Å²) in [7, 11) is 0. The lowest BCUT2D eigenvalue weighted by Crippen LogP contribution is -2.29. The van der Waals surface area contributed by atoms with Gasteiger partial charge < -0.3 is 4.90 Å². The zero-order valence-electron chi connectivity index (χ0n) is 17.4. The quantitative estimate of drug-likeness (QED) is 0.233. The molecular formula is C24H22N4O2S2. The molecule has 1 saturated heterocycles. The van der Waals surface area contributed by atoms with Crippen LogP contribution in [0.4, 0.5) is 5.13 Å². The number of Topliss-reactive ketones (excluding diaryl/α,β-unsaturated/α-hetero) is 1. The lowest BCUT2D eigenvalue weighted by Gasteiger charge is -2.25. The first kappa shape index (κ1) is 20.9. The molecule has 0 spiro atoms. The molecule has 5 rings (SSSR count). The largest absolute Gasteiger partial charge is 0.348 e. The Kier molecular flexibility index (Phi) is 6.05. The molecule has 1 fully saturated rings. The van der Waals surface area contributed by atoms with Crippen LogP contribution in [0.3, 0.4) is 0 Å². The van der Waals surface area contributed by atoms with E-state index in [1.165, 1.54) is 42.4 Å². The van der Waals surface area contributed by atoms with Gasteiger partial charge in [0.1, 0.15) is 5.69 Å². The van der Waals surface area contributed by atoms with E-state index in [9.17, 15) is 9.59 Å². The van der Waals surface area contributed by atoms with E-state index in [1.54, 1.807) is 10.6 Å². The third-order valence-electron chi connectivity index (χ3n) is 5.50. The van der Waals surface area contributed by atoms with Crippen molar-refractivity contribution in [3.8, 4) is 5.69 Å². The smallest absolute Gasteiger partial charge is 0.266 e. The summed E-state index contributed by atoms with van der Waals surface area (Å²) in [5.41, 5.74) is 1.70. The van der Waals surface area contributed by atoms with Crippen molar-refractivity contribution in [1.29, 1.82) is 0 Å². The minimum absolute atomic E-state index is 0.0588. The zero-order chi connectivity index (χ0) is 21.9. The highest BCUT2D eigenvalue weighted by Gasteiger charge is 2.19. The van der Waals surface area contributed by atoms with Crippen LogP contribution in [0, 0.1) is 0 Å². The van der Waals surface area contributed by atoms with E-state index in [4.69, 9.17) is 4.98 Å². The van der Waals surface area contributed by atoms with E-state index in [0.29, 0.717) is 21.8 Å². The molecule has 2 aromatic carbocycles. The van der Waals surface area contributed by atoms with E-state index >= 15 is 0 Å². The highest BCUT2D eigenvalue weighted by molar-refractivity contribution is 7.99. The minimum Gasteiger partial charge on any atom is -0.348 e. The van der Waals surface area contributed by atoms with Crippen LogP contribution < -0.4 is 10.5 Å². The predicted octanol–water partition coefficient (Wildman–Crippen LogP) is 4.81. The highest BCUT2D eigenvalue weighted by atomic mass is 32.2. The molecule has 0 saturated carbocycles. The number of fused-ring (bicyclic) bond motifs is 1. The molecule has 0 atom stereocenters. The van der Waals surface area contributed by atoms with Gasteiger partial charge in [0.2, 0.25) is 0 Å². The van der Waals surface area contributed by atoms with Gasteiger partial charge in [0.15, 0.2) is 16.1 Å². The number of piperidine rings is 1. The maximum atomic E-state index is 13.3. The fourth-order valence-corrected chi connectivity index (χ4v) is 5.61. The first-order valence-electron chi connectivity index (χ1n) is 10.6. The summed E-state index contributed by atoms with van der Waals surface area (Å²) in [6.45, 7) is 2.00. The molecule has 0 amide bonds. The summed E-state index contributed by atoms with van der Waals surface area (Å²) >= 11 is 2.80. The lowest BCUT2D eigenvalue weighted by atomic mass is 10.1. The second kappa shape index (κ2) is 9.26. The fourth-order valence-electron chi connectivity index (χ4n) is 3.84. The van der Waals surface area contributed by atoms with Crippen LogP contribution in [0.15, 0.2) is 69.9 Å². The number of carbonyl (C=O) groups excluding carboxylic acids is 1. The summed E-state index contributed by atoms with van der Waals surface area (Å²) < 4.78 is 1.58. The second-order valence-corrected chi connectivity index (χ2v) is 9.44. The Morgan fingerprint density at radius 2 is 1.72 bits per heavy atom. The normalized spacial score (nSPS) is 14.1. The Balaban J connectivity index is 1.42. The molecular weight excluding hydrogens is 440 g/mol. The third kappa shape index (κ3) is 4.20. The van der Waals surface area contributed by atoms with Crippen molar-refractivity contribution in [2.75, 3.05) is 23.7 Å². The van der Waals surface area contributed by atoms with Gasteiger partial charge in [-0.15, -0.1) is 11.3 Å². The number of thiazole rings is 1. The van der Waals surface area contributed by atoms with Crippen LogP contribution in [0.5, 0.6) is 0 Å². The molecule has 0 radical (unpaired) electrons. The fraction of sp³-hybridized carbons (Fsp3) is 0.250. The topological polar surface area (TPSA) is 68.1 Å². The van der Waals surface area contributed by atoms with Gasteiger partial charge in [-0.3, -0.25) is 14.2 Å². The zero-order valence-corrected chi connectivity index (χ0v) is 19.1. The van der Waals surface area contributed by atoms with Gasteiger partial charge in [0.25, 0.3) is 5.56 Å². The van der Waals surface area contributed by atoms with Crippen molar-refractivity contribution in [1.82, 2.24) is 14.5 Å². The van der Waals surface area contributed by atoms with Gasteiger partial charge in [-0.25, -0.2) is 9.97 Å². The number of nitrogens with zero attached hydrogens (tertiary/aromatic N) is 4. The molecule has 162 valence electrons. The summed E-state index contributed by atoms with van der Waals surface area (Å²) in [5, 5.41) is 3.81. The number of anilines is 1. The van der Waals surface area contributed by atoms with Crippen molar-refractivity contribution in [3.05, 3.63) is 76.0 Å². The minimum atomic E-state index is -0.141. The van der Waals surface area contributed by atoms with E-state index < -0.39 is 0 Å². The molecule has 0 unspecified atom stereocenters. The van der Waals surface area contributed by atoms with Crippen molar-refractivity contribution >= 4 is 44.9 Å². The van der Waals surface area contributed by atoms with Gasteiger partial charge in [-0.05, 0) is 43.5 Å². The van der Waals surface area contributed by atoms with Crippen LogP contribution in [0.1, 0.15) is 29.8 Å². The van der Waals surface area contributed by atoms with E-state index in [1.807, 2.05) is 53.9 Å². The lowest BCUT2D eigenvalue weighted by molar-refractivity contribution is 0.101. The summed E-state index contributed by atoms with van der Waals surface area (Å²) in [6.07, 6.45) is 3.60. The van der Waals surface area contributed by atoms with Gasteiger partial charge >= 0.3 is 0 Å². The Morgan fingerprint density at radius 3 is 2.53 bits per heavy atom. The molecule has 2 aromatic heterocycles. The van der Waals surface area contributed by atoms with Gasteiger partial charge in [-0.1, -0.05) is 42.1 Å². The molecule has 1 aliphatic heterocycles. The van der Waals surface area contributed by atoms with Crippen LogP contribution in [-0.2, 0) is 0 Å². The number of rotatable bonds is 6. The van der Waals surface area contributed by atoms with Crippen molar-refractivity contribution in [2.45, 2.75) is 24.4 Å². The Labute approximate surface area is 193 Å². The van der Waals surface area contributed by atoms with Crippen LogP contribution in [-0.4, -0.2) is 39.2 Å². The van der Waals surface area contributed by atoms with Crippen LogP contribution >= 0.6 is 23.1 Å². The molecule has 3 heterocycles. The molecule has 1 aliphatic rings. The van der Waals surface area contributed by atoms with Crippen molar-refractivity contribution in [2.24, 2.45) is 0 Å². The molecule has 32 heavy (non-hydrogen) atoms. The first-order valence-corrected chi connectivity index (χ1v) is 12.5. The number of carbonyl (C=O) groups is 1. The SMILES string of the molecule is O=C(CSc1nc2ccccc2c(=O)n1-c1ccccc1)c1csc(N2CCCCC2)n1. The summed E-state index contributed by atoms with van der Waals surface area (Å²) in [6, 6.07) is 16.7. The molecule has 0 aliphatic carbocycles. The van der Waals surface area contributed by atoms with E-state index in [2.05, 4.69) is 9.88 Å². The van der Waals surface area contributed by atoms with Crippen molar-refractivity contribution in [3.63, 3.8) is 0 Å². The molecule has 8 heteroatoms. The third-order valence-corrected chi connectivity index (χ3v) is 7.34. The number of ketones is 1. The molecule has 6 nitrogen and oxygen atoms in total. The second-order valence-electron chi connectivity index (χ2n) is 7.66. The summed E-state index contributed by atoms with van der Waals surface area (Å²) in [5.74, 6) is 0.109. The number of hydrogen-bond acceptors (Lipinski definition) is 7. The maximum Gasteiger partial charge on any atom is 0.266 e. The number of thioether (sulfide) groups is 1. The summed E-state index contributed by atoms with van der Waals surface area (Å²) in [4.78, 5) is 37.7.